The highest BCUT2D eigenvalue weighted by Gasteiger charge is 2.52. The number of nitrogens with zero attached hydrogens (tertiary/aromatic N) is 1. The van der Waals surface area contributed by atoms with Gasteiger partial charge >= 0.3 is 13.0 Å². The molecule has 0 atom stereocenters. The van der Waals surface area contributed by atoms with Gasteiger partial charge in [0.2, 0.25) is 5.82 Å². The molecular formula is C10H10BF5N2. The second-order valence-corrected chi connectivity index (χ2v) is 4.34. The number of nitrogens with one attached hydrogen (secondary N) is 1. The summed E-state index contributed by atoms with van der Waals surface area (Å²) in [6, 6.07) is 1.75. The molecule has 8 heteroatoms. The van der Waals surface area contributed by atoms with Crippen LogP contribution in [0.1, 0.15) is 19.4 Å². The summed E-state index contributed by atoms with van der Waals surface area (Å²) in [6.07, 6.45) is -3.72. The van der Waals surface area contributed by atoms with Crippen LogP contribution in [0.3, 0.4) is 0 Å². The van der Waals surface area contributed by atoms with E-state index in [4.69, 9.17) is 0 Å². The van der Waals surface area contributed by atoms with E-state index in [9.17, 15) is 21.8 Å². The summed E-state index contributed by atoms with van der Waals surface area (Å²) in [6.45, 7) is -1.35. The van der Waals surface area contributed by atoms with E-state index in [1.165, 1.54) is 13.8 Å². The third-order valence-electron chi connectivity index (χ3n) is 2.82. The fourth-order valence-electron chi connectivity index (χ4n) is 1.98. The Kier molecular flexibility index (Phi) is 2.64. The van der Waals surface area contributed by atoms with Gasteiger partial charge in [-0.15, -0.1) is 0 Å². The number of anilines is 1. The van der Waals surface area contributed by atoms with Crippen molar-refractivity contribution >= 4 is 12.7 Å². The molecule has 0 amide bonds. The molecule has 2 heterocycles. The molecule has 18 heavy (non-hydrogen) atoms. The number of fused-ring (bicyclic) bond motifs is 1. The van der Waals surface area contributed by atoms with Gasteiger partial charge in [0.1, 0.15) is 5.56 Å². The van der Waals surface area contributed by atoms with Gasteiger partial charge in [0.05, 0.1) is 5.60 Å². The quantitative estimate of drug-likeness (QED) is 0.562. The van der Waals surface area contributed by atoms with Gasteiger partial charge in [-0.05, 0) is 26.0 Å². The van der Waals surface area contributed by atoms with Gasteiger partial charge in [0, 0.05) is 6.20 Å². The predicted octanol–water partition coefficient (Wildman–Crippen LogP) is 2.98. The highest BCUT2D eigenvalue weighted by Crippen LogP contribution is 2.37. The Hall–Kier alpha value is -1.60. The van der Waals surface area contributed by atoms with Gasteiger partial charge in [-0.1, -0.05) is 5.57 Å². The van der Waals surface area contributed by atoms with E-state index in [2.05, 4.69) is 5.32 Å². The van der Waals surface area contributed by atoms with Gasteiger partial charge < -0.3 is 13.1 Å². The zero-order valence-corrected chi connectivity index (χ0v) is 9.65. The van der Waals surface area contributed by atoms with Gasteiger partial charge in [-0.25, -0.2) is 0 Å². The summed E-state index contributed by atoms with van der Waals surface area (Å²) in [5, 5.41) is 2.20. The molecule has 0 unspecified atom stereocenters. The van der Waals surface area contributed by atoms with Crippen LogP contribution in [0.4, 0.5) is 27.6 Å². The van der Waals surface area contributed by atoms with Crippen molar-refractivity contribution in [3.05, 3.63) is 35.1 Å². The van der Waals surface area contributed by atoms with Crippen molar-refractivity contribution in [3.63, 3.8) is 0 Å². The topological polar surface area (TPSA) is 15.9 Å². The standard InChI is InChI=1S/C10H10BF5N2/c1-6(2)8-11(15,16)18-5-3-4-7(9(18)17-8)10(12,13)14/h3-5,17H,1-2H3. The molecule has 0 fully saturated rings. The zero-order chi connectivity index (χ0) is 13.7. The Bertz CT molecular complexity index is 532. The number of allylic oxidation sites excluding steroid dienone is 1. The molecule has 1 aliphatic heterocycles. The monoisotopic (exact) mass is 264 g/mol. The molecule has 0 saturated heterocycles. The Labute approximate surface area is 100 Å². The van der Waals surface area contributed by atoms with E-state index in [-0.39, 0.29) is 5.57 Å². The molecule has 0 bridgehead atoms. The van der Waals surface area contributed by atoms with Crippen molar-refractivity contribution in [1.29, 1.82) is 0 Å². The van der Waals surface area contributed by atoms with Crippen molar-refractivity contribution in [1.82, 2.24) is 0 Å². The minimum Gasteiger partial charge on any atom is -0.430 e. The summed E-state index contributed by atoms with van der Waals surface area (Å²) >= 11 is 0. The number of hydrogen-bond acceptors (Lipinski definition) is 1. The first kappa shape index (κ1) is 12.9. The van der Waals surface area contributed by atoms with Crippen LogP contribution in [0, 0.1) is 0 Å². The van der Waals surface area contributed by atoms with Gasteiger partial charge in [0.25, 0.3) is 0 Å². The Balaban J connectivity index is 2.69. The molecule has 1 aromatic rings. The predicted molar refractivity (Wildman–Crippen MR) is 57.0 cm³/mol. The van der Waals surface area contributed by atoms with Crippen molar-refractivity contribution in [2.24, 2.45) is 0 Å². The second kappa shape index (κ2) is 3.70. The molecule has 1 aromatic heterocycles. The third-order valence-corrected chi connectivity index (χ3v) is 2.82. The maximum atomic E-state index is 14.0. The van der Waals surface area contributed by atoms with Gasteiger partial charge in [0.15, 0.2) is 0 Å². The lowest BCUT2D eigenvalue weighted by Gasteiger charge is -2.15. The average Bonchev–Trinajstić information content (AvgIpc) is 2.49. The number of aromatic nitrogens is 1. The van der Waals surface area contributed by atoms with Crippen molar-refractivity contribution < 1.29 is 26.3 Å². The Morgan fingerprint density at radius 3 is 2.39 bits per heavy atom. The average molecular weight is 264 g/mol. The van der Waals surface area contributed by atoms with E-state index in [0.717, 1.165) is 18.3 Å². The van der Waals surface area contributed by atoms with Crippen LogP contribution in [-0.4, -0.2) is 6.84 Å². The number of halogens is 5. The normalized spacial score (nSPS) is 17.4. The molecule has 1 N–H and O–H groups in total. The lowest BCUT2D eigenvalue weighted by molar-refractivity contribution is -0.544. The van der Waals surface area contributed by atoms with Crippen molar-refractivity contribution in [3.8, 4) is 0 Å². The van der Waals surface area contributed by atoms with E-state index in [0.29, 0.717) is 4.48 Å². The fourth-order valence-corrected chi connectivity index (χ4v) is 1.98. The van der Waals surface area contributed by atoms with Crippen LogP contribution >= 0.6 is 0 Å². The molecule has 0 aromatic carbocycles. The fraction of sp³-hybridized carbons (Fsp3) is 0.300. The summed E-state index contributed by atoms with van der Waals surface area (Å²) in [7, 11) is 0. The Morgan fingerprint density at radius 1 is 1.28 bits per heavy atom. The maximum absolute atomic E-state index is 14.0. The molecule has 98 valence electrons. The highest BCUT2D eigenvalue weighted by molar-refractivity contribution is 6.67. The van der Waals surface area contributed by atoms with Crippen molar-refractivity contribution in [2.45, 2.75) is 20.0 Å². The largest absolute Gasteiger partial charge is 0.586 e. The number of alkyl halides is 3. The minimum atomic E-state index is -4.67. The molecule has 0 spiro atoms. The number of rotatable bonds is 0. The summed E-state index contributed by atoms with van der Waals surface area (Å²) in [4.78, 5) is 0. The van der Waals surface area contributed by atoms with Crippen LogP contribution in [0.5, 0.6) is 0 Å². The molecule has 2 nitrogen and oxygen atoms in total. The SMILES string of the molecule is CC(C)=C1Nc2c(C(F)(F)F)ccc[n+]2[B-]1(F)F. The van der Waals surface area contributed by atoms with E-state index < -0.39 is 30.0 Å². The van der Waals surface area contributed by atoms with Crippen LogP contribution in [0.25, 0.3) is 0 Å². The second-order valence-electron chi connectivity index (χ2n) is 4.34. The molecule has 2 rings (SSSR count). The van der Waals surface area contributed by atoms with E-state index in [1.54, 1.807) is 0 Å². The smallest absolute Gasteiger partial charge is 0.430 e. The van der Waals surface area contributed by atoms with E-state index >= 15 is 0 Å². The minimum absolute atomic E-state index is 0.261. The van der Waals surface area contributed by atoms with Gasteiger partial charge in [-0.2, -0.15) is 13.2 Å². The molecule has 1 aliphatic rings. The first-order chi connectivity index (χ1) is 8.15. The first-order valence-corrected chi connectivity index (χ1v) is 5.24. The van der Waals surface area contributed by atoms with Gasteiger partial charge in [-0.3, -0.25) is 5.32 Å². The maximum Gasteiger partial charge on any atom is 0.586 e. The van der Waals surface area contributed by atoms with Crippen LogP contribution in [0.2, 0.25) is 0 Å². The number of pyridine rings is 1. The Morgan fingerprint density at radius 2 is 1.89 bits per heavy atom. The van der Waals surface area contributed by atoms with Crippen LogP contribution < -0.4 is 9.79 Å². The zero-order valence-electron chi connectivity index (χ0n) is 9.65. The summed E-state index contributed by atoms with van der Waals surface area (Å²) < 4.78 is 66.4. The lowest BCUT2D eigenvalue weighted by Crippen LogP contribution is -2.56. The van der Waals surface area contributed by atoms with Crippen LogP contribution in [-0.2, 0) is 6.18 Å². The first-order valence-electron chi connectivity index (χ1n) is 5.24. The summed E-state index contributed by atoms with van der Waals surface area (Å²) in [5.74, 6) is -0.605. The lowest BCUT2D eigenvalue weighted by atomic mass is 9.74. The molecule has 0 saturated carbocycles. The molecule has 0 radical (unpaired) electrons. The van der Waals surface area contributed by atoms with E-state index in [1.807, 2.05) is 0 Å². The third kappa shape index (κ3) is 1.75. The van der Waals surface area contributed by atoms with Crippen LogP contribution in [0.15, 0.2) is 29.5 Å². The van der Waals surface area contributed by atoms with Crippen molar-refractivity contribution in [2.75, 3.05) is 5.32 Å². The highest BCUT2D eigenvalue weighted by atomic mass is 19.4. The molecule has 0 aliphatic carbocycles. The molecular weight excluding hydrogens is 254 g/mol. The number of hydrogen-bond donors (Lipinski definition) is 1. The summed E-state index contributed by atoms with van der Waals surface area (Å²) in [5.41, 5.74) is -1.29.